The summed E-state index contributed by atoms with van der Waals surface area (Å²) < 4.78 is 0. The molecule has 0 saturated carbocycles. The van der Waals surface area contributed by atoms with E-state index in [2.05, 4.69) is 15.4 Å². The minimum absolute atomic E-state index is 0.685. The quantitative estimate of drug-likeness (QED) is 0.297. The van der Waals surface area contributed by atoms with Crippen molar-refractivity contribution < 1.29 is 0 Å². The Morgan fingerprint density at radius 1 is 1.55 bits per heavy atom. The Balaban J connectivity index is 3.10. The van der Waals surface area contributed by atoms with Crippen molar-refractivity contribution >= 4 is 17.6 Å². The number of nitrogens with zero attached hydrogens (tertiary/aromatic N) is 2. The molecule has 0 radical (unpaired) electrons. The average Bonchev–Trinajstić information content (AvgIpc) is 2.05. The monoisotopic (exact) mass is 170 g/mol. The van der Waals surface area contributed by atoms with Gasteiger partial charge in [-0.15, -0.1) is 11.8 Å². The highest BCUT2D eigenvalue weighted by Crippen LogP contribution is 2.20. The molecule has 4 nitrogen and oxygen atoms in total. The number of hydrogen-bond acceptors (Lipinski definition) is 5. The van der Waals surface area contributed by atoms with E-state index >= 15 is 0 Å². The second-order valence-electron chi connectivity index (χ2n) is 2.00. The van der Waals surface area contributed by atoms with Crippen molar-refractivity contribution in [2.45, 2.75) is 11.9 Å². The molecule has 0 unspecified atom stereocenters. The Bertz CT molecular complexity index is 228. The topological polar surface area (TPSA) is 63.8 Å². The van der Waals surface area contributed by atoms with Crippen LogP contribution in [0.2, 0.25) is 0 Å². The zero-order chi connectivity index (χ0) is 8.27. The Labute approximate surface area is 69.6 Å². The molecule has 60 valence electrons. The maximum absolute atomic E-state index is 5.22. The highest BCUT2D eigenvalue weighted by molar-refractivity contribution is 7.98. The predicted molar refractivity (Wildman–Crippen MR) is 46.4 cm³/mol. The second kappa shape index (κ2) is 3.54. The fourth-order valence-corrected chi connectivity index (χ4v) is 1.34. The number of nitrogens with one attached hydrogen (secondary N) is 1. The highest BCUT2D eigenvalue weighted by atomic mass is 32.2. The summed E-state index contributed by atoms with van der Waals surface area (Å²) in [5, 5.41) is 0.952. The number of anilines is 1. The van der Waals surface area contributed by atoms with E-state index in [-0.39, 0.29) is 0 Å². The van der Waals surface area contributed by atoms with Crippen molar-refractivity contribution in [3.05, 3.63) is 11.9 Å². The lowest BCUT2D eigenvalue weighted by atomic mass is 10.3. The molecule has 0 spiro atoms. The van der Waals surface area contributed by atoms with E-state index < -0.39 is 0 Å². The Kier molecular flexibility index (Phi) is 2.67. The summed E-state index contributed by atoms with van der Waals surface area (Å²) in [5.74, 6) is 5.91. The fourth-order valence-electron chi connectivity index (χ4n) is 0.785. The van der Waals surface area contributed by atoms with Gasteiger partial charge in [0.05, 0.1) is 0 Å². The van der Waals surface area contributed by atoms with E-state index in [0.29, 0.717) is 5.82 Å². The number of aromatic nitrogens is 2. The van der Waals surface area contributed by atoms with E-state index in [4.69, 9.17) is 5.84 Å². The molecule has 1 heterocycles. The molecule has 0 saturated heterocycles. The van der Waals surface area contributed by atoms with Gasteiger partial charge in [0, 0.05) is 5.56 Å². The van der Waals surface area contributed by atoms with E-state index in [1.165, 1.54) is 6.33 Å². The smallest absolute Gasteiger partial charge is 0.147 e. The lowest BCUT2D eigenvalue weighted by molar-refractivity contribution is 0.999. The molecule has 1 aromatic rings. The molecule has 0 amide bonds. The zero-order valence-electron chi connectivity index (χ0n) is 6.46. The van der Waals surface area contributed by atoms with Gasteiger partial charge in [-0.3, -0.25) is 0 Å². The molecule has 1 rings (SSSR count). The molecule has 0 aromatic carbocycles. The molecule has 3 N–H and O–H groups in total. The van der Waals surface area contributed by atoms with E-state index in [0.717, 1.165) is 10.6 Å². The summed E-state index contributed by atoms with van der Waals surface area (Å²) in [6, 6.07) is 0. The summed E-state index contributed by atoms with van der Waals surface area (Å²) in [7, 11) is 0. The molecular formula is C6H10N4S. The summed E-state index contributed by atoms with van der Waals surface area (Å²) in [6.45, 7) is 1.93. The number of nitrogens with two attached hydrogens (primary N) is 1. The first-order valence-corrected chi connectivity index (χ1v) is 4.34. The molecule has 0 bridgehead atoms. The lowest BCUT2D eigenvalue weighted by Crippen LogP contribution is -2.10. The van der Waals surface area contributed by atoms with Crippen molar-refractivity contribution in [2.75, 3.05) is 11.7 Å². The Hall–Kier alpha value is -0.810. The first-order chi connectivity index (χ1) is 5.29. The van der Waals surface area contributed by atoms with Gasteiger partial charge in [0.1, 0.15) is 17.2 Å². The predicted octanol–water partition coefficient (Wildman–Crippen LogP) is 0.793. The molecule has 0 atom stereocenters. The second-order valence-corrected chi connectivity index (χ2v) is 2.80. The van der Waals surface area contributed by atoms with Crippen LogP contribution in [0, 0.1) is 6.92 Å². The standard InChI is InChI=1S/C6H10N4S/c1-4-5(10-7)8-3-9-6(4)11-2/h3H,7H2,1-2H3,(H,8,9,10). The van der Waals surface area contributed by atoms with Gasteiger partial charge in [-0.25, -0.2) is 15.8 Å². The molecule has 0 fully saturated rings. The third-order valence-corrected chi connectivity index (χ3v) is 2.17. The van der Waals surface area contributed by atoms with Crippen LogP contribution in [-0.4, -0.2) is 16.2 Å². The minimum atomic E-state index is 0.685. The van der Waals surface area contributed by atoms with Gasteiger partial charge in [0.15, 0.2) is 0 Å². The first kappa shape index (κ1) is 8.29. The third-order valence-electron chi connectivity index (χ3n) is 1.37. The van der Waals surface area contributed by atoms with Gasteiger partial charge in [-0.2, -0.15) is 0 Å². The van der Waals surface area contributed by atoms with Crippen LogP contribution in [-0.2, 0) is 0 Å². The summed E-state index contributed by atoms with van der Waals surface area (Å²) >= 11 is 1.58. The van der Waals surface area contributed by atoms with Crippen molar-refractivity contribution in [3.63, 3.8) is 0 Å². The van der Waals surface area contributed by atoms with Gasteiger partial charge in [-0.05, 0) is 13.2 Å². The van der Waals surface area contributed by atoms with E-state index in [9.17, 15) is 0 Å². The van der Waals surface area contributed by atoms with Crippen LogP contribution in [0.15, 0.2) is 11.4 Å². The average molecular weight is 170 g/mol. The van der Waals surface area contributed by atoms with Crippen LogP contribution >= 0.6 is 11.8 Å². The van der Waals surface area contributed by atoms with Crippen LogP contribution in [0.5, 0.6) is 0 Å². The van der Waals surface area contributed by atoms with Crippen LogP contribution in [0.1, 0.15) is 5.56 Å². The largest absolute Gasteiger partial charge is 0.308 e. The molecule has 11 heavy (non-hydrogen) atoms. The van der Waals surface area contributed by atoms with E-state index in [1.54, 1.807) is 11.8 Å². The van der Waals surface area contributed by atoms with Crippen molar-refractivity contribution in [1.82, 2.24) is 9.97 Å². The molecular weight excluding hydrogens is 160 g/mol. The SMILES string of the molecule is CSc1ncnc(NN)c1C. The van der Waals surface area contributed by atoms with Gasteiger partial charge < -0.3 is 5.43 Å². The third kappa shape index (κ3) is 1.61. The highest BCUT2D eigenvalue weighted by Gasteiger charge is 2.02. The van der Waals surface area contributed by atoms with Crippen LogP contribution < -0.4 is 11.3 Å². The number of nitrogen functional groups attached to an aromatic ring is 1. The normalized spacial score (nSPS) is 9.73. The lowest BCUT2D eigenvalue weighted by Gasteiger charge is -2.04. The summed E-state index contributed by atoms with van der Waals surface area (Å²) in [4.78, 5) is 8.01. The van der Waals surface area contributed by atoms with Crippen LogP contribution in [0.4, 0.5) is 5.82 Å². The fraction of sp³-hybridized carbons (Fsp3) is 0.333. The molecule has 0 aliphatic carbocycles. The molecule has 0 aliphatic rings. The molecule has 5 heteroatoms. The summed E-state index contributed by atoms with van der Waals surface area (Å²) in [5.41, 5.74) is 3.49. The number of hydrazine groups is 1. The maximum atomic E-state index is 5.22. The maximum Gasteiger partial charge on any atom is 0.147 e. The molecule has 1 aromatic heterocycles. The number of thioether (sulfide) groups is 1. The van der Waals surface area contributed by atoms with Crippen molar-refractivity contribution in [3.8, 4) is 0 Å². The van der Waals surface area contributed by atoms with Crippen molar-refractivity contribution in [1.29, 1.82) is 0 Å². The first-order valence-electron chi connectivity index (χ1n) is 3.11. The summed E-state index contributed by atoms with van der Waals surface area (Å²) in [6.07, 6.45) is 3.46. The van der Waals surface area contributed by atoms with Gasteiger partial charge >= 0.3 is 0 Å². The Morgan fingerprint density at radius 3 is 2.82 bits per heavy atom. The van der Waals surface area contributed by atoms with Gasteiger partial charge in [0.2, 0.25) is 0 Å². The van der Waals surface area contributed by atoms with Crippen LogP contribution in [0.3, 0.4) is 0 Å². The van der Waals surface area contributed by atoms with Crippen LogP contribution in [0.25, 0.3) is 0 Å². The zero-order valence-corrected chi connectivity index (χ0v) is 7.27. The number of hydrogen-bond donors (Lipinski definition) is 2. The van der Waals surface area contributed by atoms with Crippen molar-refractivity contribution in [2.24, 2.45) is 5.84 Å². The Morgan fingerprint density at radius 2 is 2.27 bits per heavy atom. The number of rotatable bonds is 2. The van der Waals surface area contributed by atoms with Gasteiger partial charge in [-0.1, -0.05) is 0 Å². The molecule has 0 aliphatic heterocycles. The van der Waals surface area contributed by atoms with Gasteiger partial charge in [0.25, 0.3) is 0 Å². The van der Waals surface area contributed by atoms with E-state index in [1.807, 2.05) is 13.2 Å². The minimum Gasteiger partial charge on any atom is -0.308 e.